The number of anilines is 1. The number of aromatic nitrogens is 2. The lowest BCUT2D eigenvalue weighted by atomic mass is 10.1. The van der Waals surface area contributed by atoms with Gasteiger partial charge in [0.1, 0.15) is 0 Å². The quantitative estimate of drug-likeness (QED) is 0.911. The summed E-state index contributed by atoms with van der Waals surface area (Å²) >= 11 is 1.47. The number of hydrogen-bond acceptors (Lipinski definition) is 4. The summed E-state index contributed by atoms with van der Waals surface area (Å²) in [5.74, 6) is 0.389. The van der Waals surface area contributed by atoms with Gasteiger partial charge in [-0.15, -0.1) is 11.3 Å². The van der Waals surface area contributed by atoms with Gasteiger partial charge in [-0.25, -0.2) is 4.98 Å². The Kier molecular flexibility index (Phi) is 4.63. The zero-order chi connectivity index (χ0) is 13.7. The van der Waals surface area contributed by atoms with Gasteiger partial charge in [-0.3, -0.25) is 9.78 Å². The summed E-state index contributed by atoms with van der Waals surface area (Å²) in [7, 11) is 0. The van der Waals surface area contributed by atoms with Gasteiger partial charge in [0.2, 0.25) is 5.91 Å². The van der Waals surface area contributed by atoms with E-state index in [0.717, 1.165) is 17.7 Å². The Morgan fingerprint density at radius 1 is 1.37 bits per heavy atom. The molecule has 4 nitrogen and oxygen atoms in total. The monoisotopic (exact) mass is 275 g/mol. The minimum absolute atomic E-state index is 0.00136. The molecule has 5 heteroatoms. The summed E-state index contributed by atoms with van der Waals surface area (Å²) < 4.78 is 0. The Balaban J connectivity index is 1.84. The first-order valence-corrected chi connectivity index (χ1v) is 7.17. The van der Waals surface area contributed by atoms with Crippen LogP contribution in [0.4, 0.5) is 5.13 Å². The third-order valence-electron chi connectivity index (χ3n) is 2.75. The first kappa shape index (κ1) is 13.7. The van der Waals surface area contributed by atoms with Gasteiger partial charge in [-0.2, -0.15) is 0 Å². The standard InChI is InChI=1S/C14H17N3OS/c1-10(2)12-9-19-14(16-12)17-13(18)4-3-11-5-7-15-8-6-11/h5-10H,3-4H2,1-2H3,(H,16,17,18). The van der Waals surface area contributed by atoms with Gasteiger partial charge in [0.25, 0.3) is 0 Å². The topological polar surface area (TPSA) is 54.9 Å². The van der Waals surface area contributed by atoms with Crippen molar-refractivity contribution in [1.29, 1.82) is 0 Å². The van der Waals surface area contributed by atoms with E-state index in [9.17, 15) is 4.79 Å². The Bertz CT molecular complexity index is 537. The molecule has 1 amide bonds. The molecule has 1 N–H and O–H groups in total. The molecular weight excluding hydrogens is 258 g/mol. The molecule has 0 bridgehead atoms. The van der Waals surface area contributed by atoms with Crippen LogP contribution in [0.2, 0.25) is 0 Å². The maximum atomic E-state index is 11.8. The molecule has 0 aromatic carbocycles. The molecule has 0 radical (unpaired) electrons. The normalized spacial score (nSPS) is 10.7. The minimum Gasteiger partial charge on any atom is -0.302 e. The van der Waals surface area contributed by atoms with Crippen molar-refractivity contribution in [2.75, 3.05) is 5.32 Å². The van der Waals surface area contributed by atoms with Crippen LogP contribution < -0.4 is 5.32 Å². The molecule has 0 saturated carbocycles. The van der Waals surface area contributed by atoms with Crippen molar-refractivity contribution in [2.45, 2.75) is 32.6 Å². The highest BCUT2D eigenvalue weighted by molar-refractivity contribution is 7.13. The lowest BCUT2D eigenvalue weighted by molar-refractivity contribution is -0.116. The molecule has 0 atom stereocenters. The summed E-state index contributed by atoms with van der Waals surface area (Å²) in [6.45, 7) is 4.17. The fourth-order valence-corrected chi connectivity index (χ4v) is 2.49. The Hall–Kier alpha value is -1.75. The highest BCUT2D eigenvalue weighted by atomic mass is 32.1. The van der Waals surface area contributed by atoms with E-state index in [1.807, 2.05) is 17.5 Å². The van der Waals surface area contributed by atoms with Gasteiger partial charge in [0, 0.05) is 24.2 Å². The molecule has 0 aliphatic carbocycles. The van der Waals surface area contributed by atoms with Crippen molar-refractivity contribution in [2.24, 2.45) is 0 Å². The average molecular weight is 275 g/mol. The fourth-order valence-electron chi connectivity index (χ4n) is 1.60. The zero-order valence-electron chi connectivity index (χ0n) is 11.1. The second kappa shape index (κ2) is 6.43. The second-order valence-corrected chi connectivity index (χ2v) is 5.49. The van der Waals surface area contributed by atoms with Gasteiger partial charge >= 0.3 is 0 Å². The number of carbonyl (C=O) groups excluding carboxylic acids is 1. The van der Waals surface area contributed by atoms with Crippen molar-refractivity contribution >= 4 is 22.4 Å². The van der Waals surface area contributed by atoms with Crippen molar-refractivity contribution < 1.29 is 4.79 Å². The number of pyridine rings is 1. The highest BCUT2D eigenvalue weighted by Crippen LogP contribution is 2.21. The molecule has 0 aliphatic heterocycles. The van der Waals surface area contributed by atoms with Gasteiger partial charge in [0.05, 0.1) is 5.69 Å². The summed E-state index contributed by atoms with van der Waals surface area (Å²) in [4.78, 5) is 20.1. The van der Waals surface area contributed by atoms with Crippen molar-refractivity contribution in [3.8, 4) is 0 Å². The van der Waals surface area contributed by atoms with Crippen molar-refractivity contribution in [3.05, 3.63) is 41.2 Å². The molecule has 100 valence electrons. The fraction of sp³-hybridized carbons (Fsp3) is 0.357. The lowest BCUT2D eigenvalue weighted by Crippen LogP contribution is -2.12. The first-order valence-electron chi connectivity index (χ1n) is 6.29. The number of rotatable bonds is 5. The van der Waals surface area contributed by atoms with Gasteiger partial charge in [0.15, 0.2) is 5.13 Å². The van der Waals surface area contributed by atoms with Gasteiger partial charge < -0.3 is 5.32 Å². The largest absolute Gasteiger partial charge is 0.302 e. The predicted octanol–water partition coefficient (Wildman–Crippen LogP) is 3.23. The van der Waals surface area contributed by atoms with Gasteiger partial charge in [-0.1, -0.05) is 13.8 Å². The smallest absolute Gasteiger partial charge is 0.226 e. The van der Waals surface area contributed by atoms with E-state index in [-0.39, 0.29) is 5.91 Å². The molecule has 2 aromatic rings. The number of thiazole rings is 1. The lowest BCUT2D eigenvalue weighted by Gasteiger charge is -2.02. The third kappa shape index (κ3) is 4.13. The minimum atomic E-state index is 0.00136. The maximum absolute atomic E-state index is 11.8. The molecular formula is C14H17N3OS. The van der Waals surface area contributed by atoms with Crippen molar-refractivity contribution in [3.63, 3.8) is 0 Å². The number of hydrogen-bond donors (Lipinski definition) is 1. The number of amides is 1. The maximum Gasteiger partial charge on any atom is 0.226 e. The number of carbonyl (C=O) groups is 1. The van der Waals surface area contributed by atoms with Crippen LogP contribution in [0.3, 0.4) is 0 Å². The molecule has 0 spiro atoms. The third-order valence-corrected chi connectivity index (χ3v) is 3.53. The Morgan fingerprint density at radius 2 is 2.11 bits per heavy atom. The van der Waals surface area contributed by atoms with Crippen LogP contribution in [0, 0.1) is 0 Å². The molecule has 2 aromatic heterocycles. The second-order valence-electron chi connectivity index (χ2n) is 4.64. The van der Waals surface area contributed by atoms with Crippen LogP contribution in [-0.2, 0) is 11.2 Å². The number of nitrogens with zero attached hydrogens (tertiary/aromatic N) is 2. The van der Waals surface area contributed by atoms with Crippen LogP contribution >= 0.6 is 11.3 Å². The summed E-state index contributed by atoms with van der Waals surface area (Å²) in [5, 5.41) is 5.51. The molecule has 19 heavy (non-hydrogen) atoms. The number of aryl methyl sites for hydroxylation is 1. The SMILES string of the molecule is CC(C)c1csc(NC(=O)CCc2ccncc2)n1. The van der Waals surface area contributed by atoms with Gasteiger partial charge in [-0.05, 0) is 30.0 Å². The Labute approximate surface area is 116 Å². The molecule has 2 rings (SSSR count). The van der Waals surface area contributed by atoms with E-state index in [4.69, 9.17) is 0 Å². The molecule has 2 heterocycles. The Morgan fingerprint density at radius 3 is 2.74 bits per heavy atom. The van der Waals surface area contributed by atoms with E-state index in [1.54, 1.807) is 12.4 Å². The summed E-state index contributed by atoms with van der Waals surface area (Å²) in [6, 6.07) is 3.85. The van der Waals surface area contributed by atoms with E-state index in [0.29, 0.717) is 17.5 Å². The van der Waals surface area contributed by atoms with Crippen LogP contribution in [0.15, 0.2) is 29.9 Å². The molecule has 0 unspecified atom stereocenters. The predicted molar refractivity (Wildman–Crippen MR) is 77.4 cm³/mol. The molecule has 0 fully saturated rings. The van der Waals surface area contributed by atoms with Crippen LogP contribution in [0.5, 0.6) is 0 Å². The van der Waals surface area contributed by atoms with E-state index in [2.05, 4.69) is 29.1 Å². The molecule has 0 saturated heterocycles. The zero-order valence-corrected chi connectivity index (χ0v) is 11.9. The van der Waals surface area contributed by atoms with Crippen LogP contribution in [-0.4, -0.2) is 15.9 Å². The summed E-state index contributed by atoms with van der Waals surface area (Å²) in [6.07, 6.45) is 4.66. The van der Waals surface area contributed by atoms with Crippen LogP contribution in [0.25, 0.3) is 0 Å². The molecule has 0 aliphatic rings. The van der Waals surface area contributed by atoms with Crippen molar-refractivity contribution in [1.82, 2.24) is 9.97 Å². The number of nitrogens with one attached hydrogen (secondary N) is 1. The van der Waals surface area contributed by atoms with E-state index >= 15 is 0 Å². The van der Waals surface area contributed by atoms with E-state index < -0.39 is 0 Å². The van der Waals surface area contributed by atoms with E-state index in [1.165, 1.54) is 11.3 Å². The average Bonchev–Trinajstić information content (AvgIpc) is 2.86. The van der Waals surface area contributed by atoms with Crippen LogP contribution in [0.1, 0.15) is 37.4 Å². The summed E-state index contributed by atoms with van der Waals surface area (Å²) in [5.41, 5.74) is 2.14. The highest BCUT2D eigenvalue weighted by Gasteiger charge is 2.08. The first-order chi connectivity index (χ1) is 9.15.